The molecule has 0 bridgehead atoms. The van der Waals surface area contributed by atoms with Gasteiger partial charge >= 0.3 is 0 Å². The normalized spacial score (nSPS) is 17.2. The Morgan fingerprint density at radius 3 is 2.52 bits per heavy atom. The van der Waals surface area contributed by atoms with E-state index in [9.17, 15) is 9.59 Å². The molecular weight excluding hydrogens is 360 g/mol. The molecule has 0 aromatic carbocycles. The van der Waals surface area contributed by atoms with Gasteiger partial charge in [-0.15, -0.1) is 0 Å². The average molecular weight is 383 g/mol. The number of nitrogens with one attached hydrogen (secondary N) is 1. The van der Waals surface area contributed by atoms with Gasteiger partial charge in [0.15, 0.2) is 0 Å². The molecule has 3 N–H and O–H groups in total. The van der Waals surface area contributed by atoms with Gasteiger partial charge in [-0.25, -0.2) is 4.98 Å². The van der Waals surface area contributed by atoms with Crippen molar-refractivity contribution in [1.82, 2.24) is 9.88 Å². The minimum Gasteiger partial charge on any atom is -0.341 e. The van der Waals surface area contributed by atoms with Gasteiger partial charge in [-0.05, 0) is 46.8 Å². The van der Waals surface area contributed by atoms with E-state index in [4.69, 9.17) is 5.73 Å². The minimum absolute atomic E-state index is 0.0200. The SMILES string of the molecule is CC(C)[C@H](N)C(=O)N1CCC(C(=O)Nc2ccc(Br)cn2)CC1. The Kier molecular flexibility index (Phi) is 6.12. The van der Waals surface area contributed by atoms with Crippen LogP contribution in [0, 0.1) is 11.8 Å². The van der Waals surface area contributed by atoms with Gasteiger partial charge < -0.3 is 16.0 Å². The van der Waals surface area contributed by atoms with Crippen LogP contribution in [0.3, 0.4) is 0 Å². The molecule has 2 heterocycles. The van der Waals surface area contributed by atoms with Crippen LogP contribution < -0.4 is 11.1 Å². The molecule has 2 amide bonds. The number of piperidine rings is 1. The van der Waals surface area contributed by atoms with Gasteiger partial charge in [0.2, 0.25) is 11.8 Å². The Hall–Kier alpha value is -1.47. The van der Waals surface area contributed by atoms with Crippen molar-refractivity contribution in [3.63, 3.8) is 0 Å². The zero-order chi connectivity index (χ0) is 17.0. The van der Waals surface area contributed by atoms with Crippen LogP contribution >= 0.6 is 15.9 Å². The van der Waals surface area contributed by atoms with E-state index in [1.165, 1.54) is 0 Å². The van der Waals surface area contributed by atoms with Crippen molar-refractivity contribution in [3.8, 4) is 0 Å². The molecule has 23 heavy (non-hydrogen) atoms. The van der Waals surface area contributed by atoms with E-state index < -0.39 is 6.04 Å². The van der Waals surface area contributed by atoms with Crippen molar-refractivity contribution in [2.75, 3.05) is 18.4 Å². The molecule has 1 atom stereocenters. The Morgan fingerprint density at radius 1 is 1.35 bits per heavy atom. The minimum atomic E-state index is -0.465. The number of carbonyl (C=O) groups excluding carboxylic acids is 2. The Bertz CT molecular complexity index is 554. The summed E-state index contributed by atoms with van der Waals surface area (Å²) in [6.07, 6.45) is 2.95. The number of pyridine rings is 1. The third kappa shape index (κ3) is 4.75. The Labute approximate surface area is 144 Å². The maximum absolute atomic E-state index is 12.3. The first-order chi connectivity index (χ1) is 10.9. The molecule has 1 aliphatic rings. The Balaban J connectivity index is 1.85. The molecular formula is C16H23BrN4O2. The van der Waals surface area contributed by atoms with Crippen molar-refractivity contribution in [2.24, 2.45) is 17.6 Å². The highest BCUT2D eigenvalue weighted by Gasteiger charge is 2.30. The molecule has 0 saturated carbocycles. The number of carbonyl (C=O) groups is 2. The first-order valence-electron chi connectivity index (χ1n) is 7.85. The Morgan fingerprint density at radius 2 is 2.00 bits per heavy atom. The van der Waals surface area contributed by atoms with Gasteiger partial charge in [0.1, 0.15) is 5.82 Å². The van der Waals surface area contributed by atoms with E-state index in [2.05, 4.69) is 26.2 Å². The number of rotatable bonds is 4. The van der Waals surface area contributed by atoms with Crippen LogP contribution in [0.1, 0.15) is 26.7 Å². The van der Waals surface area contributed by atoms with Crippen molar-refractivity contribution < 1.29 is 9.59 Å². The zero-order valence-corrected chi connectivity index (χ0v) is 15.0. The molecule has 1 aliphatic heterocycles. The van der Waals surface area contributed by atoms with Crippen LogP contribution in [-0.4, -0.2) is 40.8 Å². The highest BCUT2D eigenvalue weighted by Crippen LogP contribution is 2.20. The van der Waals surface area contributed by atoms with E-state index in [-0.39, 0.29) is 23.7 Å². The zero-order valence-electron chi connectivity index (χ0n) is 13.5. The summed E-state index contributed by atoms with van der Waals surface area (Å²) in [7, 11) is 0. The molecule has 2 rings (SSSR count). The van der Waals surface area contributed by atoms with Crippen molar-refractivity contribution in [1.29, 1.82) is 0 Å². The standard InChI is InChI=1S/C16H23BrN4O2/c1-10(2)14(18)16(23)21-7-5-11(6-8-21)15(22)20-13-4-3-12(17)9-19-13/h3-4,9-11,14H,5-8,18H2,1-2H3,(H,19,20,22)/t14-/m0/s1. The maximum atomic E-state index is 12.3. The first-order valence-corrected chi connectivity index (χ1v) is 8.64. The van der Waals surface area contributed by atoms with Crippen LogP contribution in [0.4, 0.5) is 5.82 Å². The second kappa shape index (κ2) is 7.88. The molecule has 0 spiro atoms. The number of nitrogens with two attached hydrogens (primary N) is 1. The van der Waals surface area contributed by atoms with E-state index in [0.717, 1.165) is 4.47 Å². The number of anilines is 1. The highest BCUT2D eigenvalue weighted by atomic mass is 79.9. The van der Waals surface area contributed by atoms with Crippen LogP contribution in [0.2, 0.25) is 0 Å². The van der Waals surface area contributed by atoms with Crippen LogP contribution in [0.15, 0.2) is 22.8 Å². The number of nitrogens with zero attached hydrogens (tertiary/aromatic N) is 2. The number of halogens is 1. The molecule has 0 aliphatic carbocycles. The van der Waals surface area contributed by atoms with Crippen LogP contribution in [-0.2, 0) is 9.59 Å². The summed E-state index contributed by atoms with van der Waals surface area (Å²) >= 11 is 3.31. The fourth-order valence-electron chi connectivity index (χ4n) is 2.54. The number of hydrogen-bond acceptors (Lipinski definition) is 4. The molecule has 6 nitrogen and oxygen atoms in total. The predicted molar refractivity (Wildman–Crippen MR) is 92.7 cm³/mol. The smallest absolute Gasteiger partial charge is 0.239 e. The molecule has 1 saturated heterocycles. The fraction of sp³-hybridized carbons (Fsp3) is 0.562. The van der Waals surface area contributed by atoms with Gasteiger partial charge in [-0.3, -0.25) is 9.59 Å². The average Bonchev–Trinajstić information content (AvgIpc) is 2.55. The van der Waals surface area contributed by atoms with Gasteiger partial charge in [0.25, 0.3) is 0 Å². The van der Waals surface area contributed by atoms with Crippen molar-refractivity contribution in [2.45, 2.75) is 32.7 Å². The molecule has 7 heteroatoms. The first kappa shape index (κ1) is 17.9. The van der Waals surface area contributed by atoms with Gasteiger partial charge in [0.05, 0.1) is 6.04 Å². The number of amides is 2. The molecule has 0 unspecified atom stereocenters. The summed E-state index contributed by atoms with van der Waals surface area (Å²) in [6, 6.07) is 3.12. The summed E-state index contributed by atoms with van der Waals surface area (Å²) < 4.78 is 0.865. The topological polar surface area (TPSA) is 88.3 Å². The van der Waals surface area contributed by atoms with Gasteiger partial charge in [-0.1, -0.05) is 13.8 Å². The lowest BCUT2D eigenvalue weighted by molar-refractivity contribution is -0.136. The lowest BCUT2D eigenvalue weighted by atomic mass is 9.94. The largest absolute Gasteiger partial charge is 0.341 e. The van der Waals surface area contributed by atoms with Gasteiger partial charge in [0, 0.05) is 29.7 Å². The van der Waals surface area contributed by atoms with E-state index in [0.29, 0.717) is 31.7 Å². The second-order valence-electron chi connectivity index (χ2n) is 6.22. The molecule has 1 aromatic heterocycles. The number of aromatic nitrogens is 1. The van der Waals surface area contributed by atoms with Crippen molar-refractivity contribution in [3.05, 3.63) is 22.8 Å². The molecule has 1 aromatic rings. The molecule has 0 radical (unpaired) electrons. The van der Waals surface area contributed by atoms with Crippen LogP contribution in [0.25, 0.3) is 0 Å². The lowest BCUT2D eigenvalue weighted by Crippen LogP contribution is -2.50. The van der Waals surface area contributed by atoms with Crippen molar-refractivity contribution >= 4 is 33.6 Å². The maximum Gasteiger partial charge on any atom is 0.239 e. The van der Waals surface area contributed by atoms with Crippen LogP contribution in [0.5, 0.6) is 0 Å². The third-order valence-corrected chi connectivity index (χ3v) is 4.63. The third-order valence-electron chi connectivity index (χ3n) is 4.16. The summed E-state index contributed by atoms with van der Waals surface area (Å²) in [5.74, 6) is 0.499. The van der Waals surface area contributed by atoms with E-state index in [1.807, 2.05) is 19.9 Å². The molecule has 1 fully saturated rings. The monoisotopic (exact) mass is 382 g/mol. The lowest BCUT2D eigenvalue weighted by Gasteiger charge is -2.33. The summed E-state index contributed by atoms with van der Waals surface area (Å²) in [5, 5.41) is 2.82. The summed E-state index contributed by atoms with van der Waals surface area (Å²) in [6.45, 7) is 5.03. The summed E-state index contributed by atoms with van der Waals surface area (Å²) in [4.78, 5) is 30.4. The number of hydrogen-bond donors (Lipinski definition) is 2. The summed E-state index contributed by atoms with van der Waals surface area (Å²) in [5.41, 5.74) is 5.92. The quantitative estimate of drug-likeness (QED) is 0.833. The number of likely N-dealkylation sites (tertiary alicyclic amines) is 1. The second-order valence-corrected chi connectivity index (χ2v) is 7.14. The van der Waals surface area contributed by atoms with E-state index in [1.54, 1.807) is 17.2 Å². The highest BCUT2D eigenvalue weighted by molar-refractivity contribution is 9.10. The van der Waals surface area contributed by atoms with Gasteiger partial charge in [-0.2, -0.15) is 0 Å². The predicted octanol–water partition coefficient (Wildman–Crippen LogP) is 2.00. The van der Waals surface area contributed by atoms with E-state index >= 15 is 0 Å². The fourth-order valence-corrected chi connectivity index (χ4v) is 2.77. The molecule has 126 valence electrons.